The number of benzene rings is 2. The van der Waals surface area contributed by atoms with E-state index in [9.17, 15) is 9.18 Å². The largest absolute Gasteiger partial charge is 0.413 e. The van der Waals surface area contributed by atoms with Gasteiger partial charge in [-0.2, -0.15) is 0 Å². The summed E-state index contributed by atoms with van der Waals surface area (Å²) in [6, 6.07) is 14.5. The number of hydrogen-bond acceptors (Lipinski definition) is 2. The van der Waals surface area contributed by atoms with E-state index in [4.69, 9.17) is 4.74 Å². The number of halogens is 1. The molecule has 0 saturated carbocycles. The van der Waals surface area contributed by atoms with Crippen LogP contribution < -0.4 is 10.1 Å². The topological polar surface area (TPSA) is 38.3 Å². The molecule has 19 heavy (non-hydrogen) atoms. The predicted octanol–water partition coefficient (Wildman–Crippen LogP) is 3.68. The SMILES string of the molecule is C[C@@H](NC(=O)Oc1ccccc1)c1cccc(F)c1. The first kappa shape index (κ1) is 13.1. The second-order valence-corrected chi connectivity index (χ2v) is 4.12. The van der Waals surface area contributed by atoms with Gasteiger partial charge in [-0.3, -0.25) is 0 Å². The number of para-hydroxylation sites is 1. The highest BCUT2D eigenvalue weighted by Gasteiger charge is 2.11. The minimum absolute atomic E-state index is 0.327. The van der Waals surface area contributed by atoms with Gasteiger partial charge in [-0.1, -0.05) is 30.3 Å². The highest BCUT2D eigenvalue weighted by Crippen LogP contribution is 2.14. The number of amides is 1. The average Bonchev–Trinajstić information content (AvgIpc) is 2.39. The van der Waals surface area contributed by atoms with Crippen molar-refractivity contribution in [2.75, 3.05) is 0 Å². The zero-order valence-corrected chi connectivity index (χ0v) is 10.5. The van der Waals surface area contributed by atoms with Crippen LogP contribution in [0.2, 0.25) is 0 Å². The van der Waals surface area contributed by atoms with Gasteiger partial charge >= 0.3 is 6.09 Å². The molecule has 2 aromatic carbocycles. The van der Waals surface area contributed by atoms with Crippen molar-refractivity contribution in [1.82, 2.24) is 5.32 Å². The standard InChI is InChI=1S/C15H14FNO2/c1-11(12-6-5-7-13(16)10-12)17-15(18)19-14-8-3-2-4-9-14/h2-11H,1H3,(H,17,18)/t11-/m1/s1. The predicted molar refractivity (Wildman–Crippen MR) is 70.4 cm³/mol. The third-order valence-electron chi connectivity index (χ3n) is 2.64. The number of carbonyl (C=O) groups is 1. The van der Waals surface area contributed by atoms with Gasteiger partial charge in [0.25, 0.3) is 0 Å². The van der Waals surface area contributed by atoms with Crippen molar-refractivity contribution in [3.05, 3.63) is 66.0 Å². The Balaban J connectivity index is 1.95. The summed E-state index contributed by atoms with van der Waals surface area (Å²) in [5, 5.41) is 2.64. The molecule has 0 aromatic heterocycles. The van der Waals surface area contributed by atoms with Crippen molar-refractivity contribution in [3.63, 3.8) is 0 Å². The zero-order chi connectivity index (χ0) is 13.7. The molecule has 0 unspecified atom stereocenters. The monoisotopic (exact) mass is 259 g/mol. The highest BCUT2D eigenvalue weighted by atomic mass is 19.1. The first-order valence-corrected chi connectivity index (χ1v) is 5.94. The molecule has 0 saturated heterocycles. The molecule has 2 rings (SSSR count). The van der Waals surface area contributed by atoms with Gasteiger partial charge in [0.05, 0.1) is 6.04 Å². The van der Waals surface area contributed by atoms with E-state index >= 15 is 0 Å². The summed E-state index contributed by atoms with van der Waals surface area (Å²) in [4.78, 5) is 11.7. The number of ether oxygens (including phenoxy) is 1. The van der Waals surface area contributed by atoms with Gasteiger partial charge in [0.2, 0.25) is 0 Å². The quantitative estimate of drug-likeness (QED) is 0.913. The van der Waals surface area contributed by atoms with Crippen molar-refractivity contribution in [2.45, 2.75) is 13.0 Å². The normalized spacial score (nSPS) is 11.7. The minimum atomic E-state index is -0.567. The number of rotatable bonds is 3. The Morgan fingerprint density at radius 2 is 1.89 bits per heavy atom. The fourth-order valence-electron chi connectivity index (χ4n) is 1.66. The van der Waals surface area contributed by atoms with E-state index in [2.05, 4.69) is 5.32 Å². The second-order valence-electron chi connectivity index (χ2n) is 4.12. The molecule has 4 heteroatoms. The second kappa shape index (κ2) is 6.00. The summed E-state index contributed by atoms with van der Waals surface area (Å²) in [6.07, 6.45) is -0.567. The molecule has 0 heterocycles. The van der Waals surface area contributed by atoms with Crippen LogP contribution >= 0.6 is 0 Å². The summed E-state index contributed by atoms with van der Waals surface area (Å²) >= 11 is 0. The van der Waals surface area contributed by atoms with Gasteiger partial charge in [-0.25, -0.2) is 9.18 Å². The van der Waals surface area contributed by atoms with E-state index in [0.717, 1.165) is 0 Å². The number of hydrogen-bond donors (Lipinski definition) is 1. The first-order valence-electron chi connectivity index (χ1n) is 5.94. The first-order chi connectivity index (χ1) is 9.15. The maximum absolute atomic E-state index is 13.1. The van der Waals surface area contributed by atoms with Crippen LogP contribution in [0.3, 0.4) is 0 Å². The molecule has 3 nitrogen and oxygen atoms in total. The molecule has 0 radical (unpaired) electrons. The van der Waals surface area contributed by atoms with E-state index in [1.54, 1.807) is 43.3 Å². The van der Waals surface area contributed by atoms with Crippen molar-refractivity contribution in [1.29, 1.82) is 0 Å². The summed E-state index contributed by atoms with van der Waals surface area (Å²) in [7, 11) is 0. The van der Waals surface area contributed by atoms with Gasteiger partial charge < -0.3 is 10.1 Å². The minimum Gasteiger partial charge on any atom is -0.410 e. The third kappa shape index (κ3) is 3.81. The van der Waals surface area contributed by atoms with E-state index in [1.807, 2.05) is 6.07 Å². The summed E-state index contributed by atoms with van der Waals surface area (Å²) in [6.45, 7) is 1.76. The Hall–Kier alpha value is -2.36. The van der Waals surface area contributed by atoms with Crippen LogP contribution in [0.4, 0.5) is 9.18 Å². The van der Waals surface area contributed by atoms with E-state index in [-0.39, 0.29) is 11.9 Å². The number of carbonyl (C=O) groups excluding carboxylic acids is 1. The molecular weight excluding hydrogens is 245 g/mol. The summed E-state index contributed by atoms with van der Waals surface area (Å²) in [5.41, 5.74) is 0.685. The Morgan fingerprint density at radius 1 is 1.16 bits per heavy atom. The van der Waals surface area contributed by atoms with Crippen LogP contribution in [0.5, 0.6) is 5.75 Å². The molecule has 0 fully saturated rings. The van der Waals surface area contributed by atoms with Crippen LogP contribution in [0, 0.1) is 5.82 Å². The lowest BCUT2D eigenvalue weighted by molar-refractivity contribution is 0.197. The molecule has 1 atom stereocenters. The Morgan fingerprint density at radius 3 is 2.58 bits per heavy atom. The molecule has 0 aliphatic rings. The maximum Gasteiger partial charge on any atom is 0.413 e. The molecule has 0 bridgehead atoms. The average molecular weight is 259 g/mol. The smallest absolute Gasteiger partial charge is 0.410 e. The lowest BCUT2D eigenvalue weighted by Gasteiger charge is -2.14. The Kier molecular flexibility index (Phi) is 4.13. The van der Waals surface area contributed by atoms with E-state index in [0.29, 0.717) is 11.3 Å². The lowest BCUT2D eigenvalue weighted by Crippen LogP contribution is -2.29. The van der Waals surface area contributed by atoms with Gasteiger partial charge in [-0.05, 0) is 36.8 Å². The van der Waals surface area contributed by atoms with Crippen molar-refractivity contribution < 1.29 is 13.9 Å². The van der Waals surface area contributed by atoms with E-state index < -0.39 is 6.09 Å². The van der Waals surface area contributed by atoms with Crippen LogP contribution in [0.1, 0.15) is 18.5 Å². The molecule has 1 N–H and O–H groups in total. The molecular formula is C15H14FNO2. The highest BCUT2D eigenvalue weighted by molar-refractivity contribution is 5.70. The van der Waals surface area contributed by atoms with Crippen LogP contribution in [0.15, 0.2) is 54.6 Å². The molecule has 0 spiro atoms. The van der Waals surface area contributed by atoms with Crippen LogP contribution in [0.25, 0.3) is 0 Å². The summed E-state index contributed by atoms with van der Waals surface area (Å²) in [5.74, 6) is 0.133. The van der Waals surface area contributed by atoms with Gasteiger partial charge in [-0.15, -0.1) is 0 Å². The fraction of sp³-hybridized carbons (Fsp3) is 0.133. The Bertz CT molecular complexity index is 557. The van der Waals surface area contributed by atoms with Gasteiger partial charge in [0.15, 0.2) is 0 Å². The van der Waals surface area contributed by atoms with E-state index in [1.165, 1.54) is 12.1 Å². The van der Waals surface area contributed by atoms with Crippen molar-refractivity contribution in [3.8, 4) is 5.75 Å². The maximum atomic E-state index is 13.1. The van der Waals surface area contributed by atoms with Crippen molar-refractivity contribution >= 4 is 6.09 Å². The summed E-state index contributed by atoms with van der Waals surface area (Å²) < 4.78 is 18.2. The molecule has 0 aliphatic heterocycles. The zero-order valence-electron chi connectivity index (χ0n) is 10.5. The van der Waals surface area contributed by atoms with Gasteiger partial charge in [0.1, 0.15) is 11.6 Å². The molecule has 0 aliphatic carbocycles. The fourth-order valence-corrected chi connectivity index (χ4v) is 1.66. The Labute approximate surface area is 111 Å². The van der Waals surface area contributed by atoms with Gasteiger partial charge in [0, 0.05) is 0 Å². The van der Waals surface area contributed by atoms with Crippen LogP contribution in [-0.2, 0) is 0 Å². The lowest BCUT2D eigenvalue weighted by atomic mass is 10.1. The molecule has 98 valence electrons. The van der Waals surface area contributed by atoms with Crippen molar-refractivity contribution in [2.24, 2.45) is 0 Å². The number of nitrogens with one attached hydrogen (secondary N) is 1. The third-order valence-corrected chi connectivity index (χ3v) is 2.64. The molecule has 2 aromatic rings. The molecule has 1 amide bonds. The van der Waals surface area contributed by atoms with Crippen LogP contribution in [-0.4, -0.2) is 6.09 Å².